The maximum Gasteiger partial charge on any atom is 0.251 e. The van der Waals surface area contributed by atoms with Crippen LogP contribution in [0.25, 0.3) is 0 Å². The highest BCUT2D eigenvalue weighted by molar-refractivity contribution is 5.94. The number of amides is 1. The molecule has 0 saturated heterocycles. The molecule has 0 bridgehead atoms. The summed E-state index contributed by atoms with van der Waals surface area (Å²) in [6.45, 7) is 4.69. The van der Waals surface area contributed by atoms with Crippen LogP contribution in [0.15, 0.2) is 42.5 Å². The molecule has 3 rings (SSSR count). The van der Waals surface area contributed by atoms with E-state index in [-0.39, 0.29) is 11.9 Å². The molecule has 0 aliphatic heterocycles. The number of hydrogen-bond donors (Lipinski definition) is 1. The Kier molecular flexibility index (Phi) is 5.75. The minimum atomic E-state index is -0.0346. The molecule has 2 aromatic rings. The van der Waals surface area contributed by atoms with Gasteiger partial charge in [-0.3, -0.25) is 4.79 Å². The Balaban J connectivity index is 1.72. The number of rotatable bonds is 6. The van der Waals surface area contributed by atoms with Crippen molar-refractivity contribution in [2.75, 3.05) is 6.61 Å². The summed E-state index contributed by atoms with van der Waals surface area (Å²) in [5.41, 5.74) is 4.81. The van der Waals surface area contributed by atoms with E-state index >= 15 is 0 Å². The third-order valence-electron chi connectivity index (χ3n) is 4.92. The Bertz CT molecular complexity index is 721. The molecule has 0 radical (unpaired) electrons. The van der Waals surface area contributed by atoms with Gasteiger partial charge in [0, 0.05) is 5.56 Å². The third kappa shape index (κ3) is 4.22. The number of nitrogens with one attached hydrogen (secondary N) is 1. The summed E-state index contributed by atoms with van der Waals surface area (Å²) in [6.07, 6.45) is 5.78. The summed E-state index contributed by atoms with van der Waals surface area (Å²) in [5, 5.41) is 3.18. The molecule has 3 nitrogen and oxygen atoms in total. The van der Waals surface area contributed by atoms with Gasteiger partial charge in [-0.2, -0.15) is 0 Å². The van der Waals surface area contributed by atoms with Crippen LogP contribution in [-0.4, -0.2) is 12.5 Å². The highest BCUT2D eigenvalue weighted by atomic mass is 16.5. The fourth-order valence-corrected chi connectivity index (χ4v) is 3.50. The van der Waals surface area contributed by atoms with Gasteiger partial charge in [0.05, 0.1) is 12.6 Å². The Morgan fingerprint density at radius 1 is 1.04 bits per heavy atom. The van der Waals surface area contributed by atoms with E-state index in [0.717, 1.165) is 18.6 Å². The largest absolute Gasteiger partial charge is 0.494 e. The van der Waals surface area contributed by atoms with Crippen LogP contribution >= 0.6 is 0 Å². The first-order valence-corrected chi connectivity index (χ1v) is 9.36. The Labute approximate surface area is 150 Å². The first-order valence-electron chi connectivity index (χ1n) is 9.36. The van der Waals surface area contributed by atoms with Crippen molar-refractivity contribution in [2.24, 2.45) is 0 Å². The molecule has 25 heavy (non-hydrogen) atoms. The van der Waals surface area contributed by atoms with Crippen LogP contribution in [0.2, 0.25) is 0 Å². The lowest BCUT2D eigenvalue weighted by molar-refractivity contribution is 0.0935. The van der Waals surface area contributed by atoms with Gasteiger partial charge in [0.2, 0.25) is 0 Å². The van der Waals surface area contributed by atoms with Gasteiger partial charge in [0.1, 0.15) is 5.75 Å². The number of aryl methyl sites for hydroxylation is 2. The fourth-order valence-electron chi connectivity index (χ4n) is 3.50. The summed E-state index contributed by atoms with van der Waals surface area (Å²) >= 11 is 0. The van der Waals surface area contributed by atoms with Crippen LogP contribution in [0.3, 0.4) is 0 Å². The number of benzene rings is 2. The summed E-state index contributed by atoms with van der Waals surface area (Å²) in [5.74, 6) is 0.758. The van der Waals surface area contributed by atoms with E-state index in [4.69, 9.17) is 4.74 Å². The second-order valence-corrected chi connectivity index (χ2v) is 6.63. The molecule has 0 unspecified atom stereocenters. The van der Waals surface area contributed by atoms with E-state index in [9.17, 15) is 4.79 Å². The zero-order valence-corrected chi connectivity index (χ0v) is 15.2. The van der Waals surface area contributed by atoms with E-state index < -0.39 is 0 Å². The topological polar surface area (TPSA) is 38.3 Å². The van der Waals surface area contributed by atoms with Crippen LogP contribution in [0.5, 0.6) is 5.75 Å². The van der Waals surface area contributed by atoms with Crippen molar-refractivity contribution >= 4 is 5.91 Å². The minimum absolute atomic E-state index is 0.0346. The van der Waals surface area contributed by atoms with Gasteiger partial charge in [-0.15, -0.1) is 0 Å². The van der Waals surface area contributed by atoms with E-state index in [0.29, 0.717) is 12.2 Å². The monoisotopic (exact) mass is 337 g/mol. The fraction of sp³-hybridized carbons (Fsp3) is 0.409. The Morgan fingerprint density at radius 2 is 1.76 bits per heavy atom. The number of carbonyl (C=O) groups excluding carboxylic acids is 1. The van der Waals surface area contributed by atoms with Gasteiger partial charge in [0.25, 0.3) is 5.91 Å². The number of hydrogen-bond acceptors (Lipinski definition) is 2. The predicted octanol–water partition coefficient (Wildman–Crippen LogP) is 4.85. The van der Waals surface area contributed by atoms with Crippen molar-refractivity contribution in [2.45, 2.75) is 52.0 Å². The second-order valence-electron chi connectivity index (χ2n) is 6.63. The maximum atomic E-state index is 12.6. The zero-order chi connectivity index (χ0) is 17.6. The molecule has 0 saturated carbocycles. The van der Waals surface area contributed by atoms with Gasteiger partial charge in [-0.25, -0.2) is 0 Å². The smallest absolute Gasteiger partial charge is 0.251 e. The second kappa shape index (κ2) is 8.19. The number of ether oxygens (including phenoxy) is 1. The zero-order valence-electron chi connectivity index (χ0n) is 15.2. The van der Waals surface area contributed by atoms with Crippen molar-refractivity contribution in [3.63, 3.8) is 0 Å². The predicted molar refractivity (Wildman–Crippen MR) is 101 cm³/mol. The third-order valence-corrected chi connectivity index (χ3v) is 4.92. The molecule has 0 fully saturated rings. The van der Waals surface area contributed by atoms with E-state index in [1.54, 1.807) is 0 Å². The molecule has 1 atom stereocenters. The molecular formula is C22H27NO2. The number of carbonyl (C=O) groups is 1. The van der Waals surface area contributed by atoms with Crippen LogP contribution in [-0.2, 0) is 12.8 Å². The van der Waals surface area contributed by atoms with Gasteiger partial charge >= 0.3 is 0 Å². The molecule has 1 amide bonds. The van der Waals surface area contributed by atoms with E-state index in [1.165, 1.54) is 36.0 Å². The summed E-state index contributed by atoms with van der Waals surface area (Å²) in [7, 11) is 0. The van der Waals surface area contributed by atoms with Crippen LogP contribution < -0.4 is 10.1 Å². The quantitative estimate of drug-likeness (QED) is 0.818. The molecular weight excluding hydrogens is 310 g/mol. The molecule has 2 aromatic carbocycles. The van der Waals surface area contributed by atoms with Crippen molar-refractivity contribution in [3.8, 4) is 5.75 Å². The average molecular weight is 337 g/mol. The Morgan fingerprint density at radius 3 is 2.44 bits per heavy atom. The molecule has 132 valence electrons. The van der Waals surface area contributed by atoms with Crippen molar-refractivity contribution in [3.05, 3.63) is 64.7 Å². The van der Waals surface area contributed by atoms with Crippen molar-refractivity contribution in [1.82, 2.24) is 5.32 Å². The maximum absolute atomic E-state index is 12.6. The highest BCUT2D eigenvalue weighted by Gasteiger charge is 2.17. The number of fused-ring (bicyclic) bond motifs is 1. The van der Waals surface area contributed by atoms with Gasteiger partial charge in [-0.1, -0.05) is 25.1 Å². The lowest BCUT2D eigenvalue weighted by Crippen LogP contribution is -2.28. The first-order chi connectivity index (χ1) is 12.2. The van der Waals surface area contributed by atoms with Crippen molar-refractivity contribution < 1.29 is 9.53 Å². The SMILES string of the molecule is CCOc1ccc(C(=O)N[C@H](CC)c2ccc3c(c2)CCCC3)cc1. The average Bonchev–Trinajstić information content (AvgIpc) is 2.66. The summed E-state index contributed by atoms with van der Waals surface area (Å²) in [4.78, 5) is 12.6. The standard InChI is InChI=1S/C22H27NO2/c1-3-21(19-10-9-16-7-5-6-8-18(16)15-19)23-22(24)17-11-13-20(14-12-17)25-4-2/h9-15,21H,3-8H2,1-2H3,(H,23,24)/t21-/m1/s1. The van der Waals surface area contributed by atoms with Crippen LogP contribution in [0.1, 0.15) is 66.2 Å². The summed E-state index contributed by atoms with van der Waals surface area (Å²) in [6, 6.07) is 14.1. The molecule has 0 heterocycles. The minimum Gasteiger partial charge on any atom is -0.494 e. The summed E-state index contributed by atoms with van der Waals surface area (Å²) < 4.78 is 5.43. The lowest BCUT2D eigenvalue weighted by atomic mass is 9.88. The van der Waals surface area contributed by atoms with Crippen molar-refractivity contribution in [1.29, 1.82) is 0 Å². The van der Waals surface area contributed by atoms with Crippen LogP contribution in [0.4, 0.5) is 0 Å². The van der Waals surface area contributed by atoms with E-state index in [1.807, 2.05) is 31.2 Å². The molecule has 0 aromatic heterocycles. The first kappa shape index (κ1) is 17.5. The van der Waals surface area contributed by atoms with Crippen LogP contribution in [0, 0.1) is 0 Å². The Hall–Kier alpha value is -2.29. The molecule has 1 aliphatic carbocycles. The lowest BCUT2D eigenvalue weighted by Gasteiger charge is -2.22. The van der Waals surface area contributed by atoms with Gasteiger partial charge in [-0.05, 0) is 80.0 Å². The van der Waals surface area contributed by atoms with E-state index in [2.05, 4.69) is 30.4 Å². The molecule has 1 N–H and O–H groups in total. The highest BCUT2D eigenvalue weighted by Crippen LogP contribution is 2.26. The molecule has 3 heteroatoms. The van der Waals surface area contributed by atoms with Gasteiger partial charge in [0.15, 0.2) is 0 Å². The molecule has 0 spiro atoms. The molecule has 1 aliphatic rings. The normalized spacial score (nSPS) is 14.5. The van der Waals surface area contributed by atoms with Gasteiger partial charge < -0.3 is 10.1 Å².